The average Bonchev–Trinajstić information content (AvgIpc) is 3.12. The molecule has 0 aromatic carbocycles. The first-order valence-corrected chi connectivity index (χ1v) is 17.1. The summed E-state index contributed by atoms with van der Waals surface area (Å²) in [7, 11) is -6.80. The van der Waals surface area contributed by atoms with Gasteiger partial charge in [-0.3, -0.25) is 0 Å². The van der Waals surface area contributed by atoms with Crippen LogP contribution in [0, 0.1) is 5.92 Å². The summed E-state index contributed by atoms with van der Waals surface area (Å²) in [5.41, 5.74) is 0. The van der Waals surface area contributed by atoms with Crippen LogP contribution < -0.4 is 0 Å². The third-order valence-electron chi connectivity index (χ3n) is 4.72. The molecular weight excluding hydrogens is 336 g/mol. The van der Waals surface area contributed by atoms with E-state index >= 15 is 0 Å². The van der Waals surface area contributed by atoms with Crippen molar-refractivity contribution in [3.8, 4) is 0 Å². The molecule has 21 heavy (non-hydrogen) atoms. The molecule has 0 spiro atoms. The Morgan fingerprint density at radius 2 is 1.62 bits per heavy atom. The molecule has 0 amide bonds. The lowest BCUT2D eigenvalue weighted by Crippen LogP contribution is -2.53. The van der Waals surface area contributed by atoms with Crippen LogP contribution >= 0.6 is 0 Å². The molecule has 5 unspecified atom stereocenters. The minimum Gasteiger partial charge on any atom is -0.420 e. The molecule has 0 N–H and O–H groups in total. The first kappa shape index (κ1) is 16.5. The molecule has 5 nitrogen and oxygen atoms in total. The lowest BCUT2D eigenvalue weighted by atomic mass is 9.88. The Bertz CT molecular complexity index is 360. The molecule has 3 aliphatic rings. The molecule has 0 aromatic rings. The van der Waals surface area contributed by atoms with Gasteiger partial charge in [0.15, 0.2) is 0 Å². The molecular formula is C12H28O5Si4. The highest BCUT2D eigenvalue weighted by molar-refractivity contribution is 6.81. The summed E-state index contributed by atoms with van der Waals surface area (Å²) >= 11 is 0. The van der Waals surface area contributed by atoms with E-state index in [0.717, 1.165) is 12.0 Å². The number of rotatable bonds is 3. The Labute approximate surface area is 134 Å². The Kier molecular flexibility index (Phi) is 5.23. The smallest absolute Gasteiger partial charge is 0.317 e. The zero-order valence-electron chi connectivity index (χ0n) is 13.5. The minimum atomic E-state index is -2.11. The summed E-state index contributed by atoms with van der Waals surface area (Å²) in [5, 5.41) is 0. The number of ether oxygens (including phenoxy) is 1. The summed E-state index contributed by atoms with van der Waals surface area (Å²) in [6, 6.07) is 1.08. The highest BCUT2D eigenvalue weighted by Crippen LogP contribution is 2.41. The molecule has 3 rings (SSSR count). The SMILES string of the molecule is C[SiH]1O[SiH](C)O[Si](C)(CCC2CCC3OC3C2)O[SiH](C)O1. The van der Waals surface area contributed by atoms with Crippen LogP contribution in [0.25, 0.3) is 0 Å². The molecule has 2 saturated heterocycles. The van der Waals surface area contributed by atoms with Gasteiger partial charge in [0.2, 0.25) is 0 Å². The lowest BCUT2D eigenvalue weighted by molar-refractivity contribution is 0.268. The molecule has 1 saturated carbocycles. The molecule has 0 bridgehead atoms. The number of epoxide rings is 1. The first-order chi connectivity index (χ1) is 9.93. The van der Waals surface area contributed by atoms with Gasteiger partial charge in [0, 0.05) is 0 Å². The quantitative estimate of drug-likeness (QED) is 0.563. The highest BCUT2D eigenvalue weighted by atomic mass is 28.5. The standard InChI is InChI=1S/C12H28O5Si4/c1-18-14-19(2)16-21(4,17-20(3)15-18)8-7-10-5-6-11-12(9-10)13-11/h10-12,18-20H,5-9H2,1-4H3. The zero-order valence-corrected chi connectivity index (χ0v) is 18.0. The average molecular weight is 365 g/mol. The Hall–Kier alpha value is 0.668. The van der Waals surface area contributed by atoms with Crippen LogP contribution in [0.3, 0.4) is 0 Å². The minimum absolute atomic E-state index is 0.567. The van der Waals surface area contributed by atoms with Crippen LogP contribution in [0.15, 0.2) is 0 Å². The van der Waals surface area contributed by atoms with Gasteiger partial charge < -0.3 is 21.2 Å². The van der Waals surface area contributed by atoms with E-state index in [-0.39, 0.29) is 0 Å². The summed E-state index contributed by atoms with van der Waals surface area (Å²) in [6.07, 6.45) is 6.17. The van der Waals surface area contributed by atoms with Crippen LogP contribution in [0.4, 0.5) is 0 Å². The molecule has 0 aromatic heterocycles. The summed E-state index contributed by atoms with van der Waals surface area (Å²) in [4.78, 5) is 0. The fraction of sp³-hybridized carbons (Fsp3) is 1.00. The van der Waals surface area contributed by atoms with E-state index in [9.17, 15) is 0 Å². The largest absolute Gasteiger partial charge is 0.420 e. The lowest BCUT2D eigenvalue weighted by Gasteiger charge is -2.37. The fourth-order valence-electron chi connectivity index (χ4n) is 3.69. The summed E-state index contributed by atoms with van der Waals surface area (Å²) in [5.74, 6) is 0.791. The van der Waals surface area contributed by atoms with E-state index in [2.05, 4.69) is 26.2 Å². The van der Waals surface area contributed by atoms with Gasteiger partial charge in [-0.15, -0.1) is 0 Å². The first-order valence-electron chi connectivity index (χ1n) is 8.25. The predicted octanol–water partition coefficient (Wildman–Crippen LogP) is 1.65. The van der Waals surface area contributed by atoms with E-state index in [4.69, 9.17) is 21.2 Å². The van der Waals surface area contributed by atoms with Gasteiger partial charge in [-0.2, -0.15) is 0 Å². The van der Waals surface area contributed by atoms with E-state index in [1.54, 1.807) is 0 Å². The zero-order chi connectivity index (χ0) is 15.0. The van der Waals surface area contributed by atoms with Crippen LogP contribution in [0.2, 0.25) is 32.2 Å². The summed E-state index contributed by atoms with van der Waals surface area (Å²) in [6.45, 7) is 8.52. The second kappa shape index (κ2) is 6.65. The van der Waals surface area contributed by atoms with Gasteiger partial charge in [-0.25, -0.2) is 0 Å². The third kappa shape index (κ3) is 4.58. The molecule has 1 aliphatic carbocycles. The van der Waals surface area contributed by atoms with Crippen LogP contribution in [0.5, 0.6) is 0 Å². The van der Waals surface area contributed by atoms with Crippen LogP contribution in [-0.2, 0) is 21.2 Å². The Balaban J connectivity index is 1.53. The van der Waals surface area contributed by atoms with Crippen molar-refractivity contribution < 1.29 is 21.2 Å². The summed E-state index contributed by atoms with van der Waals surface area (Å²) < 4.78 is 30.3. The molecule has 9 heteroatoms. The van der Waals surface area contributed by atoms with Crippen molar-refractivity contribution >= 4 is 36.4 Å². The van der Waals surface area contributed by atoms with Crippen molar-refractivity contribution in [1.29, 1.82) is 0 Å². The van der Waals surface area contributed by atoms with Crippen molar-refractivity contribution in [1.82, 2.24) is 0 Å². The molecule has 3 fully saturated rings. The number of hydrogen-bond donors (Lipinski definition) is 0. The molecule has 5 atom stereocenters. The second-order valence-electron chi connectivity index (χ2n) is 6.78. The number of hydrogen-bond acceptors (Lipinski definition) is 5. The Morgan fingerprint density at radius 1 is 0.952 bits per heavy atom. The molecule has 2 aliphatic heterocycles. The van der Waals surface area contributed by atoms with Crippen molar-refractivity contribution in [2.24, 2.45) is 5.92 Å². The third-order valence-corrected chi connectivity index (χ3v) is 18.7. The van der Waals surface area contributed by atoms with E-state index in [1.807, 2.05) is 0 Å². The maximum Gasteiger partial charge on any atom is 0.317 e. The van der Waals surface area contributed by atoms with Gasteiger partial charge in [-0.1, -0.05) is 0 Å². The monoisotopic (exact) mass is 364 g/mol. The van der Waals surface area contributed by atoms with Crippen molar-refractivity contribution in [3.63, 3.8) is 0 Å². The predicted molar refractivity (Wildman–Crippen MR) is 90.4 cm³/mol. The van der Waals surface area contributed by atoms with Gasteiger partial charge in [0.05, 0.1) is 12.2 Å². The molecule has 2 heterocycles. The van der Waals surface area contributed by atoms with Crippen molar-refractivity contribution in [3.05, 3.63) is 0 Å². The van der Waals surface area contributed by atoms with Gasteiger partial charge in [0.1, 0.15) is 0 Å². The van der Waals surface area contributed by atoms with Crippen molar-refractivity contribution in [2.75, 3.05) is 0 Å². The number of fused-ring (bicyclic) bond motifs is 1. The van der Waals surface area contributed by atoms with Gasteiger partial charge in [-0.05, 0) is 63.8 Å². The van der Waals surface area contributed by atoms with Crippen LogP contribution in [-0.4, -0.2) is 48.6 Å². The van der Waals surface area contributed by atoms with Crippen LogP contribution in [0.1, 0.15) is 25.7 Å². The topological polar surface area (TPSA) is 49.5 Å². The van der Waals surface area contributed by atoms with Gasteiger partial charge in [0.25, 0.3) is 27.9 Å². The fourth-order valence-corrected chi connectivity index (χ4v) is 18.5. The van der Waals surface area contributed by atoms with Crippen molar-refractivity contribution in [2.45, 2.75) is 70.1 Å². The molecule has 122 valence electrons. The molecule has 0 radical (unpaired) electrons. The van der Waals surface area contributed by atoms with E-state index in [0.29, 0.717) is 12.2 Å². The van der Waals surface area contributed by atoms with E-state index < -0.39 is 36.4 Å². The normalized spacial score (nSPS) is 50.9. The van der Waals surface area contributed by atoms with E-state index in [1.165, 1.54) is 25.7 Å². The van der Waals surface area contributed by atoms with Gasteiger partial charge >= 0.3 is 8.56 Å². The second-order valence-corrected chi connectivity index (χ2v) is 17.0. The maximum atomic E-state index is 6.34. The highest BCUT2D eigenvalue weighted by Gasteiger charge is 2.45. The maximum absolute atomic E-state index is 6.34. The Morgan fingerprint density at radius 3 is 2.24 bits per heavy atom.